The van der Waals surface area contributed by atoms with Gasteiger partial charge in [0.1, 0.15) is 0 Å². The molecule has 0 saturated carbocycles. The molecule has 0 bridgehead atoms. The number of urea groups is 1. The summed E-state index contributed by atoms with van der Waals surface area (Å²) in [5.41, 5.74) is 7.48. The van der Waals surface area contributed by atoms with Gasteiger partial charge in [-0.05, 0) is 38.5 Å². The van der Waals surface area contributed by atoms with Gasteiger partial charge in [0.15, 0.2) is 0 Å². The summed E-state index contributed by atoms with van der Waals surface area (Å²) in [7, 11) is 0. The zero-order valence-corrected chi connectivity index (χ0v) is 12.2. The summed E-state index contributed by atoms with van der Waals surface area (Å²) in [6.45, 7) is 8.92. The zero-order chi connectivity index (χ0) is 14.3. The van der Waals surface area contributed by atoms with Crippen molar-refractivity contribution in [2.45, 2.75) is 33.6 Å². The molecule has 4 nitrogen and oxygen atoms in total. The van der Waals surface area contributed by atoms with Crippen molar-refractivity contribution in [1.82, 2.24) is 0 Å². The molecule has 0 spiro atoms. The van der Waals surface area contributed by atoms with Crippen molar-refractivity contribution in [2.75, 3.05) is 29.4 Å². The third-order valence-electron chi connectivity index (χ3n) is 3.27. The number of primary amides is 1. The van der Waals surface area contributed by atoms with Crippen LogP contribution < -0.4 is 15.5 Å². The molecule has 1 aromatic carbocycles. The molecule has 1 aromatic rings. The predicted molar refractivity (Wildman–Crippen MR) is 81.8 cm³/mol. The molecule has 1 rings (SSSR count). The number of nitrogens with zero attached hydrogens (tertiary/aromatic N) is 2. The highest BCUT2D eigenvalue weighted by atomic mass is 16.2. The van der Waals surface area contributed by atoms with Gasteiger partial charge in [-0.15, -0.1) is 0 Å². The molecule has 0 radical (unpaired) electrons. The maximum Gasteiger partial charge on any atom is 0.319 e. The Hall–Kier alpha value is -1.71. The number of carbonyl (C=O) groups is 1. The first-order valence-corrected chi connectivity index (χ1v) is 7.05. The minimum absolute atomic E-state index is 0.384. The topological polar surface area (TPSA) is 49.6 Å². The molecule has 0 fully saturated rings. The highest BCUT2D eigenvalue weighted by molar-refractivity contribution is 5.91. The minimum Gasteiger partial charge on any atom is -0.372 e. The second kappa shape index (κ2) is 7.67. The van der Waals surface area contributed by atoms with Crippen molar-refractivity contribution in [2.24, 2.45) is 5.73 Å². The van der Waals surface area contributed by atoms with E-state index < -0.39 is 0 Å². The summed E-state index contributed by atoms with van der Waals surface area (Å²) in [6.07, 6.45) is 2.00. The molecular formula is C15H25N3O. The monoisotopic (exact) mass is 263 g/mol. The molecule has 2 amide bonds. The van der Waals surface area contributed by atoms with Gasteiger partial charge in [0.2, 0.25) is 0 Å². The van der Waals surface area contributed by atoms with Gasteiger partial charge >= 0.3 is 6.03 Å². The second-order valence-electron chi connectivity index (χ2n) is 4.54. The maximum absolute atomic E-state index is 11.6. The first-order chi connectivity index (χ1) is 9.13. The molecule has 0 aliphatic carbocycles. The van der Waals surface area contributed by atoms with Crippen molar-refractivity contribution >= 4 is 17.4 Å². The van der Waals surface area contributed by atoms with Crippen LogP contribution in [-0.2, 0) is 0 Å². The number of rotatable bonds is 7. The summed E-state index contributed by atoms with van der Waals surface area (Å²) >= 11 is 0. The van der Waals surface area contributed by atoms with Gasteiger partial charge in [0.05, 0.1) is 0 Å². The van der Waals surface area contributed by atoms with Gasteiger partial charge in [-0.25, -0.2) is 4.79 Å². The molecule has 2 N–H and O–H groups in total. The number of carbonyl (C=O) groups excluding carboxylic acids is 1. The average molecular weight is 263 g/mol. The van der Waals surface area contributed by atoms with Gasteiger partial charge in [0, 0.05) is 31.0 Å². The Bertz CT molecular complexity index is 402. The molecule has 0 saturated heterocycles. The molecule has 0 aliphatic heterocycles. The van der Waals surface area contributed by atoms with Crippen LogP contribution in [0, 0.1) is 0 Å². The highest BCUT2D eigenvalue weighted by Crippen LogP contribution is 2.22. The van der Waals surface area contributed by atoms with Crippen LogP contribution in [0.2, 0.25) is 0 Å². The Balaban J connectivity index is 2.97. The van der Waals surface area contributed by atoms with Crippen LogP contribution in [0.3, 0.4) is 0 Å². The number of amides is 2. The average Bonchev–Trinajstić information content (AvgIpc) is 2.41. The van der Waals surface area contributed by atoms with E-state index >= 15 is 0 Å². The first kappa shape index (κ1) is 15.3. The van der Waals surface area contributed by atoms with E-state index in [1.807, 2.05) is 18.2 Å². The van der Waals surface area contributed by atoms with E-state index in [-0.39, 0.29) is 6.03 Å². The fraction of sp³-hybridized carbons (Fsp3) is 0.533. The van der Waals surface area contributed by atoms with Crippen molar-refractivity contribution in [1.29, 1.82) is 0 Å². The number of unbranched alkanes of at least 4 members (excludes halogenated alkanes) is 1. The number of hydrogen-bond acceptors (Lipinski definition) is 2. The lowest BCUT2D eigenvalue weighted by atomic mass is 10.2. The Morgan fingerprint density at radius 2 is 1.79 bits per heavy atom. The van der Waals surface area contributed by atoms with E-state index in [4.69, 9.17) is 5.73 Å². The molecule has 0 atom stereocenters. The van der Waals surface area contributed by atoms with Crippen LogP contribution in [0.5, 0.6) is 0 Å². The Kier molecular flexibility index (Phi) is 6.19. The largest absolute Gasteiger partial charge is 0.372 e. The smallest absolute Gasteiger partial charge is 0.319 e. The van der Waals surface area contributed by atoms with Crippen molar-refractivity contribution < 1.29 is 4.79 Å². The third-order valence-corrected chi connectivity index (χ3v) is 3.27. The highest BCUT2D eigenvalue weighted by Gasteiger charge is 2.13. The van der Waals surface area contributed by atoms with Crippen LogP contribution >= 0.6 is 0 Å². The van der Waals surface area contributed by atoms with Crippen LogP contribution in [-0.4, -0.2) is 25.7 Å². The molecule has 4 heteroatoms. The lowest BCUT2D eigenvalue weighted by Crippen LogP contribution is -2.36. The van der Waals surface area contributed by atoms with Gasteiger partial charge in [0.25, 0.3) is 0 Å². The molecule has 0 aliphatic rings. The van der Waals surface area contributed by atoms with E-state index in [2.05, 4.69) is 31.7 Å². The fourth-order valence-electron chi connectivity index (χ4n) is 2.13. The van der Waals surface area contributed by atoms with Gasteiger partial charge in [-0.2, -0.15) is 0 Å². The lowest BCUT2D eigenvalue weighted by molar-refractivity contribution is 0.254. The normalized spacial score (nSPS) is 10.3. The Morgan fingerprint density at radius 1 is 1.16 bits per heavy atom. The number of anilines is 2. The van der Waals surface area contributed by atoms with Crippen molar-refractivity contribution in [3.8, 4) is 0 Å². The standard InChI is InChI=1S/C15H25N3O/c1-4-7-11-18(15(16)19)14-10-8-9-13(12-14)17(5-2)6-3/h8-10,12H,4-7,11H2,1-3H3,(H2,16,19). The van der Waals surface area contributed by atoms with Crippen LogP contribution in [0.25, 0.3) is 0 Å². The van der Waals surface area contributed by atoms with Crippen molar-refractivity contribution in [3.05, 3.63) is 24.3 Å². The lowest BCUT2D eigenvalue weighted by Gasteiger charge is -2.25. The Labute approximate surface area is 116 Å². The maximum atomic E-state index is 11.6. The molecule has 0 unspecified atom stereocenters. The summed E-state index contributed by atoms with van der Waals surface area (Å²) in [4.78, 5) is 15.5. The van der Waals surface area contributed by atoms with Gasteiger partial charge in [-0.3, -0.25) is 4.90 Å². The molecule has 19 heavy (non-hydrogen) atoms. The number of hydrogen-bond donors (Lipinski definition) is 1. The van der Waals surface area contributed by atoms with E-state index in [0.29, 0.717) is 6.54 Å². The minimum atomic E-state index is -0.384. The summed E-state index contributed by atoms with van der Waals surface area (Å²) in [6, 6.07) is 7.63. The van der Waals surface area contributed by atoms with E-state index in [1.165, 1.54) is 0 Å². The predicted octanol–water partition coefficient (Wildman–Crippen LogP) is 3.22. The van der Waals surface area contributed by atoms with E-state index in [1.54, 1.807) is 4.90 Å². The Morgan fingerprint density at radius 3 is 2.32 bits per heavy atom. The van der Waals surface area contributed by atoms with E-state index in [9.17, 15) is 4.79 Å². The van der Waals surface area contributed by atoms with Crippen LogP contribution in [0.1, 0.15) is 33.6 Å². The summed E-state index contributed by atoms with van der Waals surface area (Å²) in [5, 5.41) is 0. The molecule has 0 heterocycles. The fourth-order valence-corrected chi connectivity index (χ4v) is 2.13. The van der Waals surface area contributed by atoms with Crippen LogP contribution in [0.4, 0.5) is 16.2 Å². The molecule has 0 aromatic heterocycles. The summed E-state index contributed by atoms with van der Waals surface area (Å²) in [5.74, 6) is 0. The number of nitrogens with two attached hydrogens (primary N) is 1. The van der Waals surface area contributed by atoms with Crippen molar-refractivity contribution in [3.63, 3.8) is 0 Å². The van der Waals surface area contributed by atoms with Gasteiger partial charge < -0.3 is 10.6 Å². The van der Waals surface area contributed by atoms with Crippen LogP contribution in [0.15, 0.2) is 24.3 Å². The third kappa shape index (κ3) is 4.16. The molecule has 106 valence electrons. The number of benzene rings is 1. The SMILES string of the molecule is CCCCN(C(N)=O)c1cccc(N(CC)CC)c1. The molecular weight excluding hydrogens is 238 g/mol. The first-order valence-electron chi connectivity index (χ1n) is 7.05. The van der Waals surface area contributed by atoms with Gasteiger partial charge in [-0.1, -0.05) is 19.4 Å². The quantitative estimate of drug-likeness (QED) is 0.821. The summed E-state index contributed by atoms with van der Waals surface area (Å²) < 4.78 is 0. The second-order valence-corrected chi connectivity index (χ2v) is 4.54. The van der Waals surface area contributed by atoms with E-state index in [0.717, 1.165) is 37.3 Å². The zero-order valence-electron chi connectivity index (χ0n) is 12.2.